The fourth-order valence-corrected chi connectivity index (χ4v) is 2.40. The van der Waals surface area contributed by atoms with Crippen molar-refractivity contribution in [2.75, 3.05) is 6.54 Å². The summed E-state index contributed by atoms with van der Waals surface area (Å²) in [6, 6.07) is 14.2. The summed E-state index contributed by atoms with van der Waals surface area (Å²) >= 11 is 5.82. The molecule has 0 unspecified atom stereocenters. The summed E-state index contributed by atoms with van der Waals surface area (Å²) in [6.07, 6.45) is 3.66. The first kappa shape index (κ1) is 13.6. The fraction of sp³-hybridized carbons (Fsp3) is 0.0588. The van der Waals surface area contributed by atoms with Crippen molar-refractivity contribution in [3.8, 4) is 0 Å². The minimum absolute atomic E-state index is 0.239. The van der Waals surface area contributed by atoms with Crippen LogP contribution in [-0.4, -0.2) is 23.3 Å². The molecule has 2 aromatic rings. The molecule has 0 aromatic heterocycles. The molecule has 1 aliphatic heterocycles. The van der Waals surface area contributed by atoms with Gasteiger partial charge < -0.3 is 0 Å². The standard InChI is InChI=1S/C17H12ClNO2/c18-13-9-7-12(8-10-13)4-3-11-19-16(20)14-5-1-2-6-15(14)17(19)21/h1-10H,11H2/b4-3+. The van der Waals surface area contributed by atoms with E-state index in [1.54, 1.807) is 42.5 Å². The van der Waals surface area contributed by atoms with Crippen LogP contribution in [-0.2, 0) is 0 Å². The van der Waals surface area contributed by atoms with Gasteiger partial charge in [-0.05, 0) is 29.8 Å². The number of rotatable bonds is 3. The Morgan fingerprint density at radius 1 is 0.905 bits per heavy atom. The monoisotopic (exact) mass is 297 g/mol. The molecule has 0 bridgehead atoms. The molecule has 104 valence electrons. The van der Waals surface area contributed by atoms with Gasteiger partial charge in [0.25, 0.3) is 11.8 Å². The summed E-state index contributed by atoms with van der Waals surface area (Å²) in [6.45, 7) is 0.259. The Balaban J connectivity index is 1.74. The molecule has 0 saturated heterocycles. The lowest BCUT2D eigenvalue weighted by atomic mass is 10.1. The third kappa shape index (κ3) is 2.60. The molecular weight excluding hydrogens is 286 g/mol. The average Bonchev–Trinajstić information content (AvgIpc) is 2.75. The van der Waals surface area contributed by atoms with Gasteiger partial charge in [-0.15, -0.1) is 0 Å². The van der Waals surface area contributed by atoms with Crippen molar-refractivity contribution < 1.29 is 9.59 Å². The van der Waals surface area contributed by atoms with Crippen LogP contribution >= 0.6 is 11.6 Å². The maximum Gasteiger partial charge on any atom is 0.261 e. The molecule has 21 heavy (non-hydrogen) atoms. The van der Waals surface area contributed by atoms with Gasteiger partial charge >= 0.3 is 0 Å². The molecule has 2 aromatic carbocycles. The lowest BCUT2D eigenvalue weighted by Crippen LogP contribution is -2.29. The smallest absolute Gasteiger partial charge is 0.261 e. The minimum Gasteiger partial charge on any atom is -0.270 e. The van der Waals surface area contributed by atoms with E-state index in [0.29, 0.717) is 16.1 Å². The lowest BCUT2D eigenvalue weighted by molar-refractivity contribution is 0.0672. The van der Waals surface area contributed by atoms with Crippen LogP contribution in [0.4, 0.5) is 0 Å². The molecule has 4 heteroatoms. The van der Waals surface area contributed by atoms with Gasteiger partial charge in [-0.2, -0.15) is 0 Å². The average molecular weight is 298 g/mol. The molecular formula is C17H12ClNO2. The number of halogens is 1. The van der Waals surface area contributed by atoms with Crippen LogP contribution in [0.25, 0.3) is 6.08 Å². The van der Waals surface area contributed by atoms with E-state index in [9.17, 15) is 9.59 Å². The zero-order valence-electron chi connectivity index (χ0n) is 11.1. The highest BCUT2D eigenvalue weighted by molar-refractivity contribution is 6.30. The number of imide groups is 1. The van der Waals surface area contributed by atoms with Gasteiger partial charge in [0.15, 0.2) is 0 Å². The first-order chi connectivity index (χ1) is 10.2. The Morgan fingerprint density at radius 3 is 2.05 bits per heavy atom. The maximum absolute atomic E-state index is 12.1. The second-order valence-electron chi connectivity index (χ2n) is 4.72. The third-order valence-electron chi connectivity index (χ3n) is 3.35. The molecule has 0 spiro atoms. The number of carbonyl (C=O) groups excluding carboxylic acids is 2. The summed E-state index contributed by atoms with van der Waals surface area (Å²) in [7, 11) is 0. The summed E-state index contributed by atoms with van der Waals surface area (Å²) in [5.74, 6) is -0.479. The highest BCUT2D eigenvalue weighted by atomic mass is 35.5. The second kappa shape index (κ2) is 5.54. The van der Waals surface area contributed by atoms with Gasteiger partial charge in [0.1, 0.15) is 0 Å². The van der Waals surface area contributed by atoms with E-state index >= 15 is 0 Å². The van der Waals surface area contributed by atoms with Gasteiger partial charge in [-0.3, -0.25) is 14.5 Å². The fourth-order valence-electron chi connectivity index (χ4n) is 2.27. The summed E-state index contributed by atoms with van der Waals surface area (Å²) in [4.78, 5) is 25.5. The van der Waals surface area contributed by atoms with Crippen LogP contribution < -0.4 is 0 Å². The van der Waals surface area contributed by atoms with Crippen LogP contribution in [0.15, 0.2) is 54.6 Å². The van der Waals surface area contributed by atoms with Crippen molar-refractivity contribution in [2.24, 2.45) is 0 Å². The molecule has 1 heterocycles. The Hall–Kier alpha value is -2.39. The topological polar surface area (TPSA) is 37.4 Å². The zero-order valence-corrected chi connectivity index (χ0v) is 11.9. The van der Waals surface area contributed by atoms with Gasteiger partial charge in [-0.25, -0.2) is 0 Å². The molecule has 0 fully saturated rings. The Labute approximate surface area is 127 Å². The lowest BCUT2D eigenvalue weighted by Gasteiger charge is -2.10. The Bertz CT molecular complexity index is 700. The molecule has 2 amide bonds. The number of carbonyl (C=O) groups is 2. The summed E-state index contributed by atoms with van der Waals surface area (Å²) in [5, 5.41) is 0.674. The van der Waals surface area contributed by atoms with Crippen molar-refractivity contribution >= 4 is 29.5 Å². The molecule has 1 aliphatic rings. The molecule has 0 radical (unpaired) electrons. The molecule has 0 N–H and O–H groups in total. The quantitative estimate of drug-likeness (QED) is 0.811. The Morgan fingerprint density at radius 2 is 1.48 bits per heavy atom. The number of hydrogen-bond acceptors (Lipinski definition) is 2. The van der Waals surface area contributed by atoms with Crippen molar-refractivity contribution in [1.29, 1.82) is 0 Å². The molecule has 0 saturated carbocycles. The number of benzene rings is 2. The van der Waals surface area contributed by atoms with E-state index in [-0.39, 0.29) is 18.4 Å². The van der Waals surface area contributed by atoms with Crippen molar-refractivity contribution in [2.45, 2.75) is 0 Å². The van der Waals surface area contributed by atoms with Gasteiger partial charge in [0, 0.05) is 11.6 Å². The molecule has 0 aliphatic carbocycles. The largest absolute Gasteiger partial charge is 0.270 e. The van der Waals surface area contributed by atoms with E-state index in [0.717, 1.165) is 5.56 Å². The van der Waals surface area contributed by atoms with Gasteiger partial charge in [-0.1, -0.05) is 48.0 Å². The third-order valence-corrected chi connectivity index (χ3v) is 3.60. The normalized spacial score (nSPS) is 14.0. The second-order valence-corrected chi connectivity index (χ2v) is 5.16. The minimum atomic E-state index is -0.239. The number of amides is 2. The Kier molecular flexibility index (Phi) is 3.59. The maximum atomic E-state index is 12.1. The van der Waals surface area contributed by atoms with Crippen LogP contribution in [0.5, 0.6) is 0 Å². The van der Waals surface area contributed by atoms with Crippen LogP contribution in [0.3, 0.4) is 0 Å². The van der Waals surface area contributed by atoms with E-state index in [1.807, 2.05) is 18.2 Å². The highest BCUT2D eigenvalue weighted by Gasteiger charge is 2.33. The van der Waals surface area contributed by atoms with Crippen molar-refractivity contribution in [3.63, 3.8) is 0 Å². The van der Waals surface area contributed by atoms with Gasteiger partial charge in [0.2, 0.25) is 0 Å². The SMILES string of the molecule is O=C1c2ccccc2C(=O)N1C/C=C/c1ccc(Cl)cc1. The van der Waals surface area contributed by atoms with E-state index < -0.39 is 0 Å². The first-order valence-electron chi connectivity index (χ1n) is 6.54. The van der Waals surface area contributed by atoms with Crippen molar-refractivity contribution in [3.05, 3.63) is 76.3 Å². The van der Waals surface area contributed by atoms with Crippen LogP contribution in [0, 0.1) is 0 Å². The predicted octanol–water partition coefficient (Wildman–Crippen LogP) is 3.65. The molecule has 3 rings (SSSR count). The molecule has 0 atom stereocenters. The van der Waals surface area contributed by atoms with Crippen LogP contribution in [0.1, 0.15) is 26.3 Å². The number of nitrogens with zero attached hydrogens (tertiary/aromatic N) is 1. The predicted molar refractivity (Wildman–Crippen MR) is 82.3 cm³/mol. The van der Waals surface area contributed by atoms with Crippen LogP contribution in [0.2, 0.25) is 5.02 Å². The number of fused-ring (bicyclic) bond motifs is 1. The summed E-state index contributed by atoms with van der Waals surface area (Å²) < 4.78 is 0. The summed E-state index contributed by atoms with van der Waals surface area (Å²) in [5.41, 5.74) is 1.92. The zero-order chi connectivity index (χ0) is 14.8. The first-order valence-corrected chi connectivity index (χ1v) is 6.92. The number of hydrogen-bond donors (Lipinski definition) is 0. The molecule has 3 nitrogen and oxygen atoms in total. The van der Waals surface area contributed by atoms with Gasteiger partial charge in [0.05, 0.1) is 11.1 Å². The highest BCUT2D eigenvalue weighted by Crippen LogP contribution is 2.22. The van der Waals surface area contributed by atoms with E-state index in [2.05, 4.69) is 0 Å². The van der Waals surface area contributed by atoms with Crippen molar-refractivity contribution in [1.82, 2.24) is 4.90 Å². The van der Waals surface area contributed by atoms with E-state index in [4.69, 9.17) is 11.6 Å². The van der Waals surface area contributed by atoms with E-state index in [1.165, 1.54) is 4.90 Å².